The van der Waals surface area contributed by atoms with Crippen LogP contribution in [0, 0.1) is 12.1 Å². The smallest absolute Gasteiger partial charge is 0.251 e. The molecule has 0 spiro atoms. The Labute approximate surface area is 71.0 Å². The number of carbonyl (C=O) groups excluding carboxylic acids is 1. The van der Waals surface area contributed by atoms with Crippen LogP contribution in [0.5, 0.6) is 0 Å². The van der Waals surface area contributed by atoms with Gasteiger partial charge in [-0.15, -0.1) is 0 Å². The SMILES string of the molecule is O=C(NCCO)c1c[c][c]cc1. The molecule has 1 aromatic carbocycles. The number of hydrogen-bond donors (Lipinski definition) is 2. The third-order valence-corrected chi connectivity index (χ3v) is 1.32. The van der Waals surface area contributed by atoms with Crippen molar-refractivity contribution in [3.05, 3.63) is 35.9 Å². The molecule has 0 fully saturated rings. The minimum atomic E-state index is -0.200. The Kier molecular flexibility index (Phi) is 3.29. The van der Waals surface area contributed by atoms with E-state index in [1.165, 1.54) is 0 Å². The van der Waals surface area contributed by atoms with E-state index in [1.54, 1.807) is 18.2 Å². The van der Waals surface area contributed by atoms with E-state index in [0.717, 1.165) is 0 Å². The van der Waals surface area contributed by atoms with Crippen molar-refractivity contribution in [2.24, 2.45) is 0 Å². The number of rotatable bonds is 3. The second-order valence-electron chi connectivity index (χ2n) is 2.20. The van der Waals surface area contributed by atoms with Crippen molar-refractivity contribution in [1.29, 1.82) is 0 Å². The number of amides is 1. The van der Waals surface area contributed by atoms with Gasteiger partial charge in [0.15, 0.2) is 0 Å². The molecule has 1 amide bonds. The Morgan fingerprint density at radius 3 is 3.00 bits per heavy atom. The molecule has 62 valence electrons. The number of carbonyl (C=O) groups is 1. The van der Waals surface area contributed by atoms with Crippen LogP contribution in [0.25, 0.3) is 0 Å². The van der Waals surface area contributed by atoms with Crippen LogP contribution < -0.4 is 5.32 Å². The van der Waals surface area contributed by atoms with Crippen molar-refractivity contribution in [2.45, 2.75) is 0 Å². The third-order valence-electron chi connectivity index (χ3n) is 1.32. The van der Waals surface area contributed by atoms with Gasteiger partial charge < -0.3 is 10.4 Å². The lowest BCUT2D eigenvalue weighted by atomic mass is 10.2. The van der Waals surface area contributed by atoms with Crippen LogP contribution in [-0.4, -0.2) is 24.2 Å². The molecular formula is C9H9NO2. The highest BCUT2D eigenvalue weighted by atomic mass is 16.3. The number of aliphatic hydroxyl groups is 1. The zero-order chi connectivity index (χ0) is 8.81. The summed E-state index contributed by atoms with van der Waals surface area (Å²) in [5, 5.41) is 11.0. The van der Waals surface area contributed by atoms with Crippen LogP contribution in [-0.2, 0) is 0 Å². The Balaban J connectivity index is 2.54. The van der Waals surface area contributed by atoms with Crippen LogP contribution in [0.15, 0.2) is 18.2 Å². The first-order valence-corrected chi connectivity index (χ1v) is 3.61. The van der Waals surface area contributed by atoms with Crippen LogP contribution in [0.3, 0.4) is 0 Å². The average Bonchev–Trinajstić information content (AvgIpc) is 2.15. The summed E-state index contributed by atoms with van der Waals surface area (Å²) in [6.07, 6.45) is 0. The molecule has 0 saturated carbocycles. The van der Waals surface area contributed by atoms with Crippen molar-refractivity contribution in [3.63, 3.8) is 0 Å². The minimum Gasteiger partial charge on any atom is -0.395 e. The third kappa shape index (κ3) is 2.36. The summed E-state index contributed by atoms with van der Waals surface area (Å²) in [5.74, 6) is -0.200. The number of aliphatic hydroxyl groups excluding tert-OH is 1. The number of benzene rings is 1. The van der Waals surface area contributed by atoms with Crippen molar-refractivity contribution < 1.29 is 9.90 Å². The molecule has 1 rings (SSSR count). The standard InChI is InChI=1S/C9H9NO2/c11-7-6-10-9(12)8-4-2-1-3-5-8/h2,4-5,11H,6-7H2,(H,10,12). The first kappa shape index (κ1) is 8.74. The summed E-state index contributed by atoms with van der Waals surface area (Å²) >= 11 is 0. The maximum atomic E-state index is 11.1. The second kappa shape index (κ2) is 4.51. The fourth-order valence-electron chi connectivity index (χ4n) is 0.760. The fourth-order valence-corrected chi connectivity index (χ4v) is 0.760. The summed E-state index contributed by atoms with van der Waals surface area (Å²) in [4.78, 5) is 11.1. The van der Waals surface area contributed by atoms with Gasteiger partial charge in [-0.2, -0.15) is 0 Å². The Morgan fingerprint density at radius 2 is 2.42 bits per heavy atom. The molecule has 0 aliphatic heterocycles. The summed E-state index contributed by atoms with van der Waals surface area (Å²) in [7, 11) is 0. The van der Waals surface area contributed by atoms with Gasteiger partial charge in [-0.1, -0.05) is 6.07 Å². The predicted molar refractivity (Wildman–Crippen MR) is 43.5 cm³/mol. The zero-order valence-corrected chi connectivity index (χ0v) is 6.50. The van der Waals surface area contributed by atoms with Crippen LogP contribution >= 0.6 is 0 Å². The van der Waals surface area contributed by atoms with Gasteiger partial charge in [0.05, 0.1) is 6.61 Å². The van der Waals surface area contributed by atoms with Gasteiger partial charge in [-0.05, 0) is 24.3 Å². The van der Waals surface area contributed by atoms with Crippen LogP contribution in [0.1, 0.15) is 10.4 Å². The van der Waals surface area contributed by atoms with E-state index in [0.29, 0.717) is 5.56 Å². The highest BCUT2D eigenvalue weighted by Gasteiger charge is 2.01. The lowest BCUT2D eigenvalue weighted by molar-refractivity contribution is 0.0945. The Morgan fingerprint density at radius 1 is 1.58 bits per heavy atom. The van der Waals surface area contributed by atoms with E-state index in [1.807, 2.05) is 0 Å². The van der Waals surface area contributed by atoms with E-state index in [9.17, 15) is 4.79 Å². The summed E-state index contributed by atoms with van der Waals surface area (Å²) in [6, 6.07) is 10.2. The quantitative estimate of drug-likeness (QED) is 0.659. The van der Waals surface area contributed by atoms with Crippen molar-refractivity contribution in [3.8, 4) is 0 Å². The molecule has 0 saturated heterocycles. The van der Waals surface area contributed by atoms with Crippen molar-refractivity contribution in [1.82, 2.24) is 5.32 Å². The normalized spacial score (nSPS) is 9.42. The monoisotopic (exact) mass is 163 g/mol. The van der Waals surface area contributed by atoms with E-state index in [2.05, 4.69) is 17.4 Å². The van der Waals surface area contributed by atoms with E-state index >= 15 is 0 Å². The first-order valence-electron chi connectivity index (χ1n) is 3.61. The molecule has 2 N–H and O–H groups in total. The number of hydrogen-bond acceptors (Lipinski definition) is 2. The molecule has 0 aromatic heterocycles. The molecule has 0 aliphatic rings. The molecule has 0 bridgehead atoms. The first-order chi connectivity index (χ1) is 5.84. The van der Waals surface area contributed by atoms with Crippen molar-refractivity contribution >= 4 is 5.91 Å². The van der Waals surface area contributed by atoms with Gasteiger partial charge in [0.25, 0.3) is 5.91 Å². The number of nitrogens with one attached hydrogen (secondary N) is 1. The molecule has 0 aliphatic carbocycles. The molecule has 1 aromatic rings. The molecular weight excluding hydrogens is 154 g/mol. The highest BCUT2D eigenvalue weighted by molar-refractivity contribution is 5.93. The maximum Gasteiger partial charge on any atom is 0.251 e. The van der Waals surface area contributed by atoms with Crippen LogP contribution in [0.2, 0.25) is 0 Å². The van der Waals surface area contributed by atoms with Gasteiger partial charge in [-0.25, -0.2) is 0 Å². The van der Waals surface area contributed by atoms with Gasteiger partial charge in [0, 0.05) is 12.1 Å². The second-order valence-corrected chi connectivity index (χ2v) is 2.20. The van der Waals surface area contributed by atoms with Gasteiger partial charge in [0.2, 0.25) is 0 Å². The molecule has 0 atom stereocenters. The van der Waals surface area contributed by atoms with Crippen LogP contribution in [0.4, 0.5) is 0 Å². The Hall–Kier alpha value is -1.35. The fraction of sp³-hybridized carbons (Fsp3) is 0.222. The molecule has 12 heavy (non-hydrogen) atoms. The van der Waals surface area contributed by atoms with Gasteiger partial charge in [0.1, 0.15) is 0 Å². The highest BCUT2D eigenvalue weighted by Crippen LogP contribution is 1.95. The molecule has 0 heterocycles. The lowest BCUT2D eigenvalue weighted by Crippen LogP contribution is -2.26. The van der Waals surface area contributed by atoms with Crippen molar-refractivity contribution in [2.75, 3.05) is 13.2 Å². The zero-order valence-electron chi connectivity index (χ0n) is 6.50. The van der Waals surface area contributed by atoms with Gasteiger partial charge >= 0.3 is 0 Å². The Bertz CT molecular complexity index is 246. The largest absolute Gasteiger partial charge is 0.395 e. The minimum absolute atomic E-state index is 0.0472. The topological polar surface area (TPSA) is 49.3 Å². The molecule has 0 unspecified atom stereocenters. The van der Waals surface area contributed by atoms with E-state index in [4.69, 9.17) is 5.11 Å². The predicted octanol–water partition coefficient (Wildman–Crippen LogP) is 0.00908. The molecule has 3 heteroatoms. The van der Waals surface area contributed by atoms with E-state index in [-0.39, 0.29) is 19.1 Å². The lowest BCUT2D eigenvalue weighted by Gasteiger charge is -2.01. The molecule has 2 radical (unpaired) electrons. The van der Waals surface area contributed by atoms with Gasteiger partial charge in [-0.3, -0.25) is 4.79 Å². The summed E-state index contributed by atoms with van der Waals surface area (Å²) in [6.45, 7) is 0.228. The maximum absolute atomic E-state index is 11.1. The summed E-state index contributed by atoms with van der Waals surface area (Å²) in [5.41, 5.74) is 0.530. The average molecular weight is 163 g/mol. The van der Waals surface area contributed by atoms with E-state index < -0.39 is 0 Å². The summed E-state index contributed by atoms with van der Waals surface area (Å²) < 4.78 is 0. The molecule has 3 nitrogen and oxygen atoms in total.